The van der Waals surface area contributed by atoms with Gasteiger partial charge in [-0.1, -0.05) is 11.6 Å². The van der Waals surface area contributed by atoms with Crippen molar-refractivity contribution in [3.63, 3.8) is 0 Å². The number of ether oxygens (including phenoxy) is 2. The summed E-state index contributed by atoms with van der Waals surface area (Å²) in [6, 6.07) is 6.32. The number of carbonyl (C=O) groups is 1. The zero-order valence-electron chi connectivity index (χ0n) is 16.9. The maximum atomic E-state index is 13.0. The molecular weight excluding hydrogens is 412 g/mol. The minimum Gasteiger partial charge on any atom is -0.351 e. The molecule has 2 N–H and O–H groups in total. The fraction of sp³-hybridized carbons (Fsp3) is 0.350. The first-order chi connectivity index (χ1) is 14.4. The number of hydrogen-bond donors (Lipinski definition) is 2. The summed E-state index contributed by atoms with van der Waals surface area (Å²) in [6.45, 7) is 4.66. The summed E-state index contributed by atoms with van der Waals surface area (Å²) in [5.41, 5.74) is -0.288. The molecule has 0 bridgehead atoms. The lowest BCUT2D eigenvalue weighted by molar-refractivity contribution is -0.131. The minimum absolute atomic E-state index is 0.128. The van der Waals surface area contributed by atoms with E-state index < -0.39 is 23.4 Å². The van der Waals surface area contributed by atoms with E-state index in [1.54, 1.807) is 31.3 Å². The van der Waals surface area contributed by atoms with Crippen molar-refractivity contribution in [2.45, 2.75) is 20.1 Å². The highest BCUT2D eigenvalue weighted by Gasteiger charge is 2.21. The highest BCUT2D eigenvalue weighted by Crippen LogP contribution is 2.16. The summed E-state index contributed by atoms with van der Waals surface area (Å²) < 4.78 is 13.3. The molecule has 9 nitrogen and oxygen atoms in total. The number of nitrogens with zero attached hydrogens (tertiary/aromatic N) is 2. The van der Waals surface area contributed by atoms with Gasteiger partial charge in [-0.15, -0.1) is 0 Å². The Hall–Kier alpha value is -2.88. The fourth-order valence-corrected chi connectivity index (χ4v) is 3.30. The van der Waals surface area contributed by atoms with Gasteiger partial charge < -0.3 is 24.3 Å². The molecule has 160 valence electrons. The smallest absolute Gasteiger partial charge is 0.333 e. The molecule has 0 saturated heterocycles. The predicted molar refractivity (Wildman–Crippen MR) is 114 cm³/mol. The number of rotatable bonds is 8. The van der Waals surface area contributed by atoms with Gasteiger partial charge in [0, 0.05) is 31.5 Å². The molecular formula is C20H23ClN4O5. The summed E-state index contributed by atoms with van der Waals surface area (Å²) in [7, 11) is 1.63. The number of aromatic amines is 1. The van der Waals surface area contributed by atoms with Crippen molar-refractivity contribution in [1.29, 1.82) is 0 Å². The molecule has 0 spiro atoms. The lowest BCUT2D eigenvalue weighted by Crippen LogP contribution is -2.36. The molecule has 3 rings (SSSR count). The molecule has 0 fully saturated rings. The first-order valence-corrected chi connectivity index (χ1v) is 9.86. The van der Waals surface area contributed by atoms with Crippen LogP contribution >= 0.6 is 11.6 Å². The SMILES string of the molecule is CCOC(CNC(=O)c1cn(C)c2c(=O)n(-c3ccc(Cl)cc3)c(=O)[nH]c12)OCC. The quantitative estimate of drug-likeness (QED) is 0.526. The molecule has 0 aliphatic rings. The summed E-state index contributed by atoms with van der Waals surface area (Å²) in [5, 5.41) is 3.20. The van der Waals surface area contributed by atoms with Gasteiger partial charge in [0.1, 0.15) is 5.52 Å². The maximum absolute atomic E-state index is 13.0. The number of nitrogens with one attached hydrogen (secondary N) is 2. The Bertz CT molecular complexity index is 1160. The molecule has 0 saturated carbocycles. The maximum Gasteiger partial charge on any atom is 0.333 e. The molecule has 3 aromatic rings. The second-order valence-electron chi connectivity index (χ2n) is 6.47. The summed E-state index contributed by atoms with van der Waals surface area (Å²) >= 11 is 5.89. The van der Waals surface area contributed by atoms with E-state index in [1.807, 2.05) is 13.8 Å². The Morgan fingerprint density at radius 2 is 1.80 bits per heavy atom. The van der Waals surface area contributed by atoms with Crippen molar-refractivity contribution in [1.82, 2.24) is 19.4 Å². The highest BCUT2D eigenvalue weighted by atomic mass is 35.5. The van der Waals surface area contributed by atoms with Crippen LogP contribution in [0.15, 0.2) is 40.1 Å². The van der Waals surface area contributed by atoms with Gasteiger partial charge in [-0.3, -0.25) is 9.59 Å². The average molecular weight is 435 g/mol. The van der Waals surface area contributed by atoms with Gasteiger partial charge in [0.15, 0.2) is 6.29 Å². The zero-order valence-corrected chi connectivity index (χ0v) is 17.7. The van der Waals surface area contributed by atoms with E-state index in [2.05, 4.69) is 10.3 Å². The van der Waals surface area contributed by atoms with E-state index >= 15 is 0 Å². The molecule has 0 atom stereocenters. The Morgan fingerprint density at radius 3 is 2.40 bits per heavy atom. The standard InChI is InChI=1S/C20H23ClN4O5/c1-4-29-15(30-5-2)10-22-18(26)14-11-24(3)17-16(14)23-20(28)25(19(17)27)13-8-6-12(21)7-9-13/h6-9,11,15H,4-5,10H2,1-3H3,(H,22,26)(H,23,28). The number of H-pyrrole nitrogens is 1. The van der Waals surface area contributed by atoms with Crippen LogP contribution in [0, 0.1) is 0 Å². The molecule has 1 aromatic carbocycles. The second kappa shape index (κ2) is 9.29. The molecule has 0 radical (unpaired) electrons. The zero-order chi connectivity index (χ0) is 21.8. The van der Waals surface area contributed by atoms with Crippen LogP contribution in [0.2, 0.25) is 5.02 Å². The summed E-state index contributed by atoms with van der Waals surface area (Å²) in [4.78, 5) is 41.1. The number of aromatic nitrogens is 3. The van der Waals surface area contributed by atoms with Crippen LogP contribution in [0.5, 0.6) is 0 Å². The number of halogens is 1. The van der Waals surface area contributed by atoms with Gasteiger partial charge in [-0.05, 0) is 38.1 Å². The summed E-state index contributed by atoms with van der Waals surface area (Å²) in [5.74, 6) is -0.454. The lowest BCUT2D eigenvalue weighted by Gasteiger charge is -2.17. The number of aryl methyl sites for hydroxylation is 1. The van der Waals surface area contributed by atoms with E-state index in [0.29, 0.717) is 23.9 Å². The number of hydrogen-bond acceptors (Lipinski definition) is 5. The van der Waals surface area contributed by atoms with Crippen LogP contribution in [0.25, 0.3) is 16.7 Å². The molecule has 0 aliphatic carbocycles. The van der Waals surface area contributed by atoms with Gasteiger partial charge in [-0.25, -0.2) is 9.36 Å². The van der Waals surface area contributed by atoms with Crippen molar-refractivity contribution in [2.75, 3.05) is 19.8 Å². The third-order valence-electron chi connectivity index (χ3n) is 4.49. The van der Waals surface area contributed by atoms with Crippen LogP contribution in [-0.4, -0.2) is 46.1 Å². The molecule has 0 aliphatic heterocycles. The first kappa shape index (κ1) is 21.8. The van der Waals surface area contributed by atoms with Crippen molar-refractivity contribution in [3.8, 4) is 5.69 Å². The van der Waals surface area contributed by atoms with Crippen LogP contribution in [0.4, 0.5) is 0 Å². The molecule has 2 heterocycles. The van der Waals surface area contributed by atoms with Gasteiger partial charge in [0.25, 0.3) is 11.5 Å². The Kier molecular flexibility index (Phi) is 6.76. The second-order valence-corrected chi connectivity index (χ2v) is 6.91. The van der Waals surface area contributed by atoms with E-state index in [-0.39, 0.29) is 23.1 Å². The van der Waals surface area contributed by atoms with E-state index in [9.17, 15) is 14.4 Å². The molecule has 1 amide bonds. The van der Waals surface area contributed by atoms with E-state index in [4.69, 9.17) is 21.1 Å². The van der Waals surface area contributed by atoms with Gasteiger partial charge in [0.05, 0.1) is 23.3 Å². The number of carbonyl (C=O) groups excluding carboxylic acids is 1. The highest BCUT2D eigenvalue weighted by molar-refractivity contribution is 6.30. The largest absolute Gasteiger partial charge is 0.351 e. The Labute approximate surface area is 177 Å². The Balaban J connectivity index is 1.99. The van der Waals surface area contributed by atoms with E-state index in [0.717, 1.165) is 4.57 Å². The normalized spacial score (nSPS) is 11.4. The van der Waals surface area contributed by atoms with Crippen LogP contribution < -0.4 is 16.6 Å². The molecule has 10 heteroatoms. The number of benzene rings is 1. The Morgan fingerprint density at radius 1 is 1.17 bits per heavy atom. The third-order valence-corrected chi connectivity index (χ3v) is 4.74. The monoisotopic (exact) mass is 434 g/mol. The number of fused-ring (bicyclic) bond motifs is 1. The minimum atomic E-state index is -0.656. The molecule has 2 aromatic heterocycles. The van der Waals surface area contributed by atoms with Gasteiger partial charge in [-0.2, -0.15) is 0 Å². The lowest BCUT2D eigenvalue weighted by atomic mass is 10.2. The molecule has 30 heavy (non-hydrogen) atoms. The van der Waals surface area contributed by atoms with Crippen molar-refractivity contribution < 1.29 is 14.3 Å². The van der Waals surface area contributed by atoms with Crippen LogP contribution in [0.1, 0.15) is 24.2 Å². The van der Waals surface area contributed by atoms with Crippen LogP contribution in [0.3, 0.4) is 0 Å². The van der Waals surface area contributed by atoms with Crippen molar-refractivity contribution in [3.05, 3.63) is 61.9 Å². The number of amides is 1. The molecule has 0 unspecified atom stereocenters. The van der Waals surface area contributed by atoms with E-state index in [1.165, 1.54) is 10.8 Å². The van der Waals surface area contributed by atoms with Crippen molar-refractivity contribution >= 4 is 28.5 Å². The van der Waals surface area contributed by atoms with Crippen LogP contribution in [-0.2, 0) is 16.5 Å². The fourth-order valence-electron chi connectivity index (χ4n) is 3.18. The first-order valence-electron chi connectivity index (χ1n) is 9.49. The third kappa shape index (κ3) is 4.33. The predicted octanol–water partition coefficient (Wildman–Crippen LogP) is 1.80. The van der Waals surface area contributed by atoms with Gasteiger partial charge >= 0.3 is 5.69 Å². The summed E-state index contributed by atoms with van der Waals surface area (Å²) in [6.07, 6.45) is 0.917. The van der Waals surface area contributed by atoms with Crippen molar-refractivity contribution in [2.24, 2.45) is 7.05 Å². The average Bonchev–Trinajstić information content (AvgIpc) is 3.04. The van der Waals surface area contributed by atoms with Gasteiger partial charge in [0.2, 0.25) is 0 Å². The topological polar surface area (TPSA) is 107 Å².